The highest BCUT2D eigenvalue weighted by atomic mass is 16.5. The van der Waals surface area contributed by atoms with Crippen LogP contribution in [0.25, 0.3) is 11.0 Å². The minimum atomic E-state index is 0.208. The number of aryl methyl sites for hydroxylation is 1. The molecule has 0 saturated carbocycles. The quantitative estimate of drug-likeness (QED) is 0.728. The molecular weight excluding hydrogens is 318 g/mol. The molecule has 0 radical (unpaired) electrons. The molecule has 3 aromatic rings. The maximum absolute atomic E-state index is 5.62. The van der Waals surface area contributed by atoms with Crippen molar-refractivity contribution in [2.45, 2.75) is 18.9 Å². The first kappa shape index (κ1) is 15.7. The fraction of sp³-hybridized carbons (Fsp3) is 0.389. The van der Waals surface area contributed by atoms with Gasteiger partial charge in [0.1, 0.15) is 23.6 Å². The number of fused-ring (bicyclic) bond motifs is 1. The predicted octanol–water partition coefficient (Wildman–Crippen LogP) is 2.72. The van der Waals surface area contributed by atoms with Crippen LogP contribution in [0.5, 0.6) is 11.5 Å². The van der Waals surface area contributed by atoms with Gasteiger partial charge in [0.15, 0.2) is 5.65 Å². The van der Waals surface area contributed by atoms with Crippen molar-refractivity contribution in [3.63, 3.8) is 0 Å². The molecule has 0 unspecified atom stereocenters. The zero-order valence-electron chi connectivity index (χ0n) is 14.6. The molecule has 7 nitrogen and oxygen atoms in total. The molecule has 1 saturated heterocycles. The molecule has 25 heavy (non-hydrogen) atoms. The van der Waals surface area contributed by atoms with Crippen LogP contribution in [0.15, 0.2) is 30.7 Å². The first-order chi connectivity index (χ1) is 12.2. The number of hydrogen-bond acceptors (Lipinski definition) is 6. The molecule has 1 aliphatic heterocycles. The van der Waals surface area contributed by atoms with Gasteiger partial charge in [-0.1, -0.05) is 0 Å². The van der Waals surface area contributed by atoms with E-state index in [-0.39, 0.29) is 6.04 Å². The predicted molar refractivity (Wildman–Crippen MR) is 95.2 cm³/mol. The summed E-state index contributed by atoms with van der Waals surface area (Å²) in [5.41, 5.74) is 1.99. The van der Waals surface area contributed by atoms with Crippen LogP contribution in [0.3, 0.4) is 0 Å². The van der Waals surface area contributed by atoms with Crippen molar-refractivity contribution in [3.05, 3.63) is 36.3 Å². The summed E-state index contributed by atoms with van der Waals surface area (Å²) in [5, 5.41) is 5.30. The van der Waals surface area contributed by atoms with Gasteiger partial charge in [0.05, 0.1) is 31.8 Å². The standard InChI is InChI=1S/C18H21N5O2/c1-22-17-14(10-21-22)18(20-11-19-17)23-8-4-5-15(23)13-7-6-12(24-2)9-16(13)25-3/h6-7,9-11,15H,4-5,8H2,1-3H3/t15-/m1/s1. The summed E-state index contributed by atoms with van der Waals surface area (Å²) in [4.78, 5) is 11.2. The smallest absolute Gasteiger partial charge is 0.163 e. The van der Waals surface area contributed by atoms with Gasteiger partial charge in [-0.3, -0.25) is 4.68 Å². The molecule has 2 aromatic heterocycles. The van der Waals surface area contributed by atoms with Gasteiger partial charge in [-0.2, -0.15) is 5.10 Å². The van der Waals surface area contributed by atoms with E-state index < -0.39 is 0 Å². The van der Waals surface area contributed by atoms with E-state index in [0.29, 0.717) is 0 Å². The molecule has 0 aliphatic carbocycles. The van der Waals surface area contributed by atoms with Crippen LogP contribution in [0.2, 0.25) is 0 Å². The molecule has 1 aliphatic rings. The molecule has 0 spiro atoms. The van der Waals surface area contributed by atoms with Crippen LogP contribution >= 0.6 is 0 Å². The number of benzene rings is 1. The summed E-state index contributed by atoms with van der Waals surface area (Å²) in [6.07, 6.45) is 5.60. The van der Waals surface area contributed by atoms with Crippen LogP contribution in [-0.2, 0) is 7.05 Å². The lowest BCUT2D eigenvalue weighted by atomic mass is 10.0. The Morgan fingerprint density at radius 3 is 2.84 bits per heavy atom. The molecular formula is C18H21N5O2. The van der Waals surface area contributed by atoms with Gasteiger partial charge in [0.2, 0.25) is 0 Å². The number of aromatic nitrogens is 4. The molecule has 0 amide bonds. The van der Waals surface area contributed by atoms with Gasteiger partial charge >= 0.3 is 0 Å². The molecule has 0 N–H and O–H groups in total. The summed E-state index contributed by atoms with van der Waals surface area (Å²) in [7, 11) is 5.25. The number of ether oxygens (including phenoxy) is 2. The van der Waals surface area contributed by atoms with Crippen molar-refractivity contribution in [1.29, 1.82) is 0 Å². The lowest BCUT2D eigenvalue weighted by Crippen LogP contribution is -2.24. The van der Waals surface area contributed by atoms with E-state index in [2.05, 4.69) is 26.0 Å². The average Bonchev–Trinajstić information content (AvgIpc) is 3.28. The van der Waals surface area contributed by atoms with Gasteiger partial charge in [-0.05, 0) is 25.0 Å². The SMILES string of the molecule is COc1ccc([C@H]2CCCN2c2ncnc3c2cnn3C)c(OC)c1. The highest BCUT2D eigenvalue weighted by molar-refractivity contribution is 5.87. The lowest BCUT2D eigenvalue weighted by molar-refractivity contribution is 0.388. The second kappa shape index (κ2) is 6.23. The fourth-order valence-corrected chi connectivity index (χ4v) is 3.62. The number of nitrogens with zero attached hydrogens (tertiary/aromatic N) is 5. The molecule has 7 heteroatoms. The molecule has 1 atom stereocenters. The number of methoxy groups -OCH3 is 2. The summed E-state index contributed by atoms with van der Waals surface area (Å²) in [6.45, 7) is 0.945. The van der Waals surface area contributed by atoms with Crippen molar-refractivity contribution in [1.82, 2.24) is 19.7 Å². The van der Waals surface area contributed by atoms with E-state index in [1.807, 2.05) is 25.4 Å². The first-order valence-corrected chi connectivity index (χ1v) is 8.34. The molecule has 4 rings (SSSR count). The lowest BCUT2D eigenvalue weighted by Gasteiger charge is -2.27. The Kier molecular flexibility index (Phi) is 3.91. The van der Waals surface area contributed by atoms with Gasteiger partial charge in [0.25, 0.3) is 0 Å². The third-order valence-corrected chi connectivity index (χ3v) is 4.83. The zero-order valence-corrected chi connectivity index (χ0v) is 14.6. The van der Waals surface area contributed by atoms with Crippen molar-refractivity contribution in [2.24, 2.45) is 7.05 Å². The summed E-state index contributed by atoms with van der Waals surface area (Å²) in [5.74, 6) is 2.56. The highest BCUT2D eigenvalue weighted by Crippen LogP contribution is 2.41. The van der Waals surface area contributed by atoms with Crippen molar-refractivity contribution < 1.29 is 9.47 Å². The minimum absolute atomic E-state index is 0.208. The van der Waals surface area contributed by atoms with Crippen LogP contribution in [0.1, 0.15) is 24.4 Å². The van der Waals surface area contributed by atoms with Gasteiger partial charge in [0, 0.05) is 25.2 Å². The average molecular weight is 339 g/mol. The summed E-state index contributed by atoms with van der Waals surface area (Å²) < 4.78 is 12.7. The summed E-state index contributed by atoms with van der Waals surface area (Å²) in [6, 6.07) is 6.21. The van der Waals surface area contributed by atoms with Crippen molar-refractivity contribution in [3.8, 4) is 11.5 Å². The first-order valence-electron chi connectivity index (χ1n) is 8.34. The third kappa shape index (κ3) is 2.56. The molecule has 130 valence electrons. The van der Waals surface area contributed by atoms with Crippen LogP contribution in [0.4, 0.5) is 5.82 Å². The van der Waals surface area contributed by atoms with E-state index >= 15 is 0 Å². The summed E-state index contributed by atoms with van der Waals surface area (Å²) >= 11 is 0. The fourth-order valence-electron chi connectivity index (χ4n) is 3.62. The van der Waals surface area contributed by atoms with Gasteiger partial charge < -0.3 is 14.4 Å². The Morgan fingerprint density at radius 1 is 1.16 bits per heavy atom. The highest BCUT2D eigenvalue weighted by Gasteiger charge is 2.31. The Morgan fingerprint density at radius 2 is 2.04 bits per heavy atom. The number of anilines is 1. The van der Waals surface area contributed by atoms with E-state index in [9.17, 15) is 0 Å². The van der Waals surface area contributed by atoms with E-state index in [1.54, 1.807) is 25.2 Å². The molecule has 1 aromatic carbocycles. The van der Waals surface area contributed by atoms with E-state index in [4.69, 9.17) is 9.47 Å². The van der Waals surface area contributed by atoms with Crippen molar-refractivity contribution in [2.75, 3.05) is 25.7 Å². The monoisotopic (exact) mass is 339 g/mol. The van der Waals surface area contributed by atoms with Crippen LogP contribution in [0, 0.1) is 0 Å². The maximum atomic E-state index is 5.62. The molecule has 1 fully saturated rings. The Labute approximate surface area is 146 Å². The zero-order chi connectivity index (χ0) is 17.4. The van der Waals surface area contributed by atoms with Gasteiger partial charge in [-0.15, -0.1) is 0 Å². The van der Waals surface area contributed by atoms with Crippen molar-refractivity contribution >= 4 is 16.9 Å². The van der Waals surface area contributed by atoms with Crippen LogP contribution in [-0.4, -0.2) is 40.5 Å². The Hall–Kier alpha value is -2.83. The number of hydrogen-bond donors (Lipinski definition) is 0. The van der Waals surface area contributed by atoms with E-state index in [1.165, 1.54) is 0 Å². The maximum Gasteiger partial charge on any atom is 0.163 e. The molecule has 3 heterocycles. The van der Waals surface area contributed by atoms with Gasteiger partial charge in [-0.25, -0.2) is 9.97 Å². The van der Waals surface area contributed by atoms with E-state index in [0.717, 1.165) is 53.3 Å². The Bertz CT molecular complexity index is 908. The molecule has 0 bridgehead atoms. The minimum Gasteiger partial charge on any atom is -0.497 e. The third-order valence-electron chi connectivity index (χ3n) is 4.83. The van der Waals surface area contributed by atoms with Crippen LogP contribution < -0.4 is 14.4 Å². The Balaban J connectivity index is 1.78. The largest absolute Gasteiger partial charge is 0.497 e. The topological polar surface area (TPSA) is 65.3 Å². The second-order valence-corrected chi connectivity index (χ2v) is 6.16. The normalized spacial score (nSPS) is 17.2. The second-order valence-electron chi connectivity index (χ2n) is 6.16. The number of rotatable bonds is 4.